The zero-order valence-electron chi connectivity index (χ0n) is 12.3. The second kappa shape index (κ2) is 6.22. The molecule has 0 unspecified atom stereocenters. The van der Waals surface area contributed by atoms with Crippen LogP contribution in [0.1, 0.15) is 15.9 Å². The van der Waals surface area contributed by atoms with Crippen molar-refractivity contribution in [1.82, 2.24) is 0 Å². The van der Waals surface area contributed by atoms with Gasteiger partial charge >= 0.3 is 0 Å². The minimum Gasteiger partial charge on any atom is -0.492 e. The third kappa shape index (κ3) is 3.05. The molecule has 2 aromatic rings. The maximum absolute atomic E-state index is 12.1. The number of carbonyl (C=O) groups is 2. The van der Waals surface area contributed by atoms with Gasteiger partial charge in [-0.25, -0.2) is 0 Å². The molecule has 118 valence electrons. The van der Waals surface area contributed by atoms with Crippen molar-refractivity contribution >= 4 is 40.6 Å². The maximum Gasteiger partial charge on any atom is 0.299 e. The molecule has 4 nitrogen and oxygen atoms in total. The number of ether oxygens (including phenoxy) is 1. The van der Waals surface area contributed by atoms with Gasteiger partial charge in [-0.2, -0.15) is 0 Å². The largest absolute Gasteiger partial charge is 0.492 e. The van der Waals surface area contributed by atoms with E-state index >= 15 is 0 Å². The summed E-state index contributed by atoms with van der Waals surface area (Å²) in [4.78, 5) is 25.5. The molecule has 0 fully saturated rings. The Labute approximate surface area is 143 Å². The zero-order chi connectivity index (χ0) is 16.6. The van der Waals surface area contributed by atoms with Crippen LogP contribution < -0.4 is 9.64 Å². The number of aryl methyl sites for hydroxylation is 1. The summed E-state index contributed by atoms with van der Waals surface area (Å²) in [5, 5.41) is 1.10. The van der Waals surface area contributed by atoms with Crippen LogP contribution in [0, 0.1) is 6.92 Å². The van der Waals surface area contributed by atoms with Crippen LogP contribution in [0.15, 0.2) is 36.4 Å². The number of amides is 1. The van der Waals surface area contributed by atoms with Crippen molar-refractivity contribution in [3.63, 3.8) is 0 Å². The van der Waals surface area contributed by atoms with E-state index in [4.69, 9.17) is 27.9 Å². The lowest BCUT2D eigenvalue weighted by molar-refractivity contribution is -0.114. The molecule has 0 radical (unpaired) electrons. The number of fused-ring (bicyclic) bond motifs is 1. The molecule has 1 aliphatic rings. The van der Waals surface area contributed by atoms with Crippen molar-refractivity contribution in [3.8, 4) is 5.75 Å². The zero-order valence-corrected chi connectivity index (χ0v) is 13.8. The highest BCUT2D eigenvalue weighted by Gasteiger charge is 2.35. The second-order valence-electron chi connectivity index (χ2n) is 5.21. The molecule has 0 aliphatic carbocycles. The normalized spacial score (nSPS) is 13.4. The first-order valence-electron chi connectivity index (χ1n) is 7.02. The summed E-state index contributed by atoms with van der Waals surface area (Å²) in [6, 6.07) is 10.2. The van der Waals surface area contributed by atoms with Gasteiger partial charge < -0.3 is 9.64 Å². The van der Waals surface area contributed by atoms with E-state index in [2.05, 4.69) is 0 Å². The predicted molar refractivity (Wildman–Crippen MR) is 89.8 cm³/mol. The first-order valence-corrected chi connectivity index (χ1v) is 7.77. The van der Waals surface area contributed by atoms with Gasteiger partial charge in [0.15, 0.2) is 0 Å². The topological polar surface area (TPSA) is 46.6 Å². The van der Waals surface area contributed by atoms with E-state index in [9.17, 15) is 9.59 Å². The van der Waals surface area contributed by atoms with E-state index in [0.29, 0.717) is 27.0 Å². The summed E-state index contributed by atoms with van der Waals surface area (Å²) in [6.07, 6.45) is 0. The number of hydrogen-bond acceptors (Lipinski definition) is 3. The fourth-order valence-corrected chi connectivity index (χ4v) is 2.75. The monoisotopic (exact) mass is 349 g/mol. The van der Waals surface area contributed by atoms with E-state index < -0.39 is 11.7 Å². The number of carbonyl (C=O) groups excluding carboxylic acids is 2. The Morgan fingerprint density at radius 2 is 1.87 bits per heavy atom. The fraction of sp³-hybridized carbons (Fsp3) is 0.176. The van der Waals surface area contributed by atoms with E-state index in [-0.39, 0.29) is 13.2 Å². The van der Waals surface area contributed by atoms with Gasteiger partial charge in [0.25, 0.3) is 11.7 Å². The summed E-state index contributed by atoms with van der Waals surface area (Å²) in [7, 11) is 0. The molecule has 0 spiro atoms. The molecule has 0 atom stereocenters. The molecule has 1 amide bonds. The van der Waals surface area contributed by atoms with E-state index in [1.54, 1.807) is 24.3 Å². The number of nitrogens with zero attached hydrogens (tertiary/aromatic N) is 1. The Morgan fingerprint density at radius 1 is 1.09 bits per heavy atom. The molecule has 0 saturated carbocycles. The van der Waals surface area contributed by atoms with Gasteiger partial charge in [-0.05, 0) is 48.9 Å². The van der Waals surface area contributed by atoms with Gasteiger partial charge in [-0.15, -0.1) is 0 Å². The van der Waals surface area contributed by atoms with Gasteiger partial charge in [-0.3, -0.25) is 9.59 Å². The van der Waals surface area contributed by atoms with Crippen LogP contribution in [0.4, 0.5) is 5.69 Å². The average Bonchev–Trinajstić information content (AvgIpc) is 2.75. The second-order valence-corrected chi connectivity index (χ2v) is 6.05. The third-order valence-corrected chi connectivity index (χ3v) is 4.31. The summed E-state index contributed by atoms with van der Waals surface area (Å²) >= 11 is 11.8. The van der Waals surface area contributed by atoms with Gasteiger partial charge in [0.2, 0.25) is 0 Å². The average molecular weight is 350 g/mol. The molecule has 1 aliphatic heterocycles. The number of rotatable bonds is 4. The van der Waals surface area contributed by atoms with Crippen molar-refractivity contribution in [2.24, 2.45) is 0 Å². The Kier molecular flexibility index (Phi) is 4.28. The fourth-order valence-electron chi connectivity index (χ4n) is 2.46. The predicted octanol–water partition coefficient (Wildman–Crippen LogP) is 3.91. The molecule has 0 saturated heterocycles. The van der Waals surface area contributed by atoms with Gasteiger partial charge in [0.1, 0.15) is 12.4 Å². The van der Waals surface area contributed by atoms with Gasteiger partial charge in [0, 0.05) is 10.0 Å². The quantitative estimate of drug-likeness (QED) is 0.786. The number of halogens is 2. The van der Waals surface area contributed by atoms with Crippen LogP contribution in [0.3, 0.4) is 0 Å². The standard InChI is InChI=1S/C17H13Cl2NO3/c1-10-8-12(3-4-14(10)19)23-7-6-20-15-5-2-11(18)9-13(15)16(21)17(20)22/h2-5,8-9H,6-7H2,1H3. The lowest BCUT2D eigenvalue weighted by atomic mass is 10.1. The molecular weight excluding hydrogens is 337 g/mol. The Balaban J connectivity index is 1.70. The van der Waals surface area contributed by atoms with Crippen LogP contribution in [0.25, 0.3) is 0 Å². The van der Waals surface area contributed by atoms with E-state index in [1.807, 2.05) is 13.0 Å². The highest BCUT2D eigenvalue weighted by Crippen LogP contribution is 2.31. The molecule has 2 aromatic carbocycles. The summed E-state index contributed by atoms with van der Waals surface area (Å²) < 4.78 is 5.64. The smallest absolute Gasteiger partial charge is 0.299 e. The maximum atomic E-state index is 12.1. The molecule has 0 aromatic heterocycles. The lowest BCUT2D eigenvalue weighted by Crippen LogP contribution is -2.33. The summed E-state index contributed by atoms with van der Waals surface area (Å²) in [6.45, 7) is 2.43. The summed E-state index contributed by atoms with van der Waals surface area (Å²) in [5.74, 6) is -0.427. The molecule has 1 heterocycles. The van der Waals surface area contributed by atoms with Crippen molar-refractivity contribution < 1.29 is 14.3 Å². The van der Waals surface area contributed by atoms with E-state index in [0.717, 1.165) is 5.56 Å². The van der Waals surface area contributed by atoms with Crippen LogP contribution in [-0.2, 0) is 4.79 Å². The molecule has 6 heteroatoms. The van der Waals surface area contributed by atoms with Crippen LogP contribution in [-0.4, -0.2) is 24.8 Å². The molecule has 3 rings (SSSR count). The van der Waals surface area contributed by atoms with Crippen LogP contribution >= 0.6 is 23.2 Å². The van der Waals surface area contributed by atoms with Gasteiger partial charge in [0.05, 0.1) is 17.8 Å². The number of Topliss-reactive ketones (excluding diaryl/α,β-unsaturated/α-hetero) is 1. The summed E-state index contributed by atoms with van der Waals surface area (Å²) in [5.41, 5.74) is 1.82. The first-order chi connectivity index (χ1) is 11.0. The molecule has 0 N–H and O–H groups in total. The highest BCUT2D eigenvalue weighted by molar-refractivity contribution is 6.52. The molecular formula is C17H13Cl2NO3. The molecule has 0 bridgehead atoms. The lowest BCUT2D eigenvalue weighted by Gasteiger charge is -2.17. The Hall–Kier alpha value is -2.04. The number of anilines is 1. The van der Waals surface area contributed by atoms with Crippen molar-refractivity contribution in [2.45, 2.75) is 6.92 Å². The van der Waals surface area contributed by atoms with Crippen LogP contribution in [0.5, 0.6) is 5.75 Å². The number of ketones is 1. The Morgan fingerprint density at radius 3 is 2.61 bits per heavy atom. The highest BCUT2D eigenvalue weighted by atomic mass is 35.5. The van der Waals surface area contributed by atoms with Crippen molar-refractivity contribution in [2.75, 3.05) is 18.1 Å². The van der Waals surface area contributed by atoms with Gasteiger partial charge in [-0.1, -0.05) is 23.2 Å². The van der Waals surface area contributed by atoms with E-state index in [1.165, 1.54) is 11.0 Å². The van der Waals surface area contributed by atoms with Crippen molar-refractivity contribution in [3.05, 3.63) is 57.6 Å². The third-order valence-electron chi connectivity index (χ3n) is 3.65. The van der Waals surface area contributed by atoms with Crippen LogP contribution in [0.2, 0.25) is 10.0 Å². The Bertz CT molecular complexity index is 804. The number of hydrogen-bond donors (Lipinski definition) is 0. The SMILES string of the molecule is Cc1cc(OCCN2C(=O)C(=O)c3cc(Cl)ccc32)ccc1Cl. The van der Waals surface area contributed by atoms with Crippen molar-refractivity contribution in [1.29, 1.82) is 0 Å². The molecule has 23 heavy (non-hydrogen) atoms. The first kappa shape index (κ1) is 15.8. The number of benzene rings is 2. The minimum atomic E-state index is -0.557. The minimum absolute atomic E-state index is 0.266.